The monoisotopic (exact) mass is 717 g/mol. The zero-order valence-corrected chi connectivity index (χ0v) is 31.6. The number of benzene rings is 2. The van der Waals surface area contributed by atoms with Gasteiger partial charge >= 0.3 is 5.97 Å². The van der Waals surface area contributed by atoms with Crippen molar-refractivity contribution in [3.05, 3.63) is 99.9 Å². The topological polar surface area (TPSA) is 80.5 Å². The lowest BCUT2D eigenvalue weighted by atomic mass is 9.81. The summed E-state index contributed by atoms with van der Waals surface area (Å²) in [7, 11) is 1.69. The van der Waals surface area contributed by atoms with Gasteiger partial charge in [0.15, 0.2) is 12.3 Å². The molecule has 1 atom stereocenters. The van der Waals surface area contributed by atoms with Crippen molar-refractivity contribution in [1.29, 1.82) is 0 Å². The summed E-state index contributed by atoms with van der Waals surface area (Å²) in [5.74, 6) is -0.771. The number of nitrogens with zero attached hydrogens (tertiary/aromatic N) is 2. The number of fused-ring (bicyclic) bond motifs is 2. The molecule has 1 unspecified atom stereocenters. The molecule has 2 aromatic rings. The van der Waals surface area contributed by atoms with E-state index >= 15 is 0 Å². The molecule has 0 saturated carbocycles. The molecule has 274 valence electrons. The Morgan fingerprint density at radius 3 is 2.37 bits per heavy atom. The van der Waals surface area contributed by atoms with Crippen LogP contribution in [0.25, 0.3) is 0 Å². The van der Waals surface area contributed by atoms with Gasteiger partial charge in [0.05, 0.1) is 57.2 Å². The lowest BCUT2D eigenvalue weighted by Gasteiger charge is -2.26. The van der Waals surface area contributed by atoms with Crippen molar-refractivity contribution in [1.82, 2.24) is 0 Å². The minimum atomic E-state index is -0.862. The molecule has 2 aliphatic heterocycles. The average molecular weight is 718 g/mol. The first kappa shape index (κ1) is 38.7. The maximum absolute atomic E-state index is 10.7. The van der Waals surface area contributed by atoms with Gasteiger partial charge in [-0.25, -0.2) is 0 Å². The highest BCUT2D eigenvalue weighted by Gasteiger charge is 2.44. The van der Waals surface area contributed by atoms with Gasteiger partial charge < -0.3 is 29.0 Å². The van der Waals surface area contributed by atoms with Crippen LogP contribution in [-0.4, -0.2) is 87.8 Å². The van der Waals surface area contributed by atoms with E-state index in [1.165, 1.54) is 33.8 Å². The lowest BCUT2D eigenvalue weighted by Crippen LogP contribution is -2.29. The summed E-state index contributed by atoms with van der Waals surface area (Å²) in [6.45, 7) is 13.8. The minimum Gasteiger partial charge on any atom is -0.481 e. The van der Waals surface area contributed by atoms with Crippen molar-refractivity contribution in [2.75, 3.05) is 71.3 Å². The van der Waals surface area contributed by atoms with Crippen molar-refractivity contribution in [3.8, 4) is 0 Å². The van der Waals surface area contributed by atoms with Crippen LogP contribution in [-0.2, 0) is 34.6 Å². The second-order valence-corrected chi connectivity index (χ2v) is 14.7. The van der Waals surface area contributed by atoms with Gasteiger partial charge in [-0.3, -0.25) is 4.79 Å². The van der Waals surface area contributed by atoms with E-state index in [-0.39, 0.29) is 29.8 Å². The number of hydrogen-bond acceptors (Lipinski definition) is 6. The molecule has 9 heteroatoms. The molecule has 0 amide bonds. The Morgan fingerprint density at radius 1 is 0.922 bits per heavy atom. The zero-order valence-electron chi connectivity index (χ0n) is 30.9. The van der Waals surface area contributed by atoms with Gasteiger partial charge in [0.25, 0.3) is 0 Å². The molecule has 2 aromatic carbocycles. The van der Waals surface area contributed by atoms with Crippen molar-refractivity contribution in [2.24, 2.45) is 5.92 Å². The quantitative estimate of drug-likeness (QED) is 0.0954. The van der Waals surface area contributed by atoms with Crippen LogP contribution < -0.4 is 4.90 Å². The number of aliphatic carboxylic acids is 1. The number of halogens is 1. The first-order valence-corrected chi connectivity index (χ1v) is 18.5. The summed E-state index contributed by atoms with van der Waals surface area (Å²) in [5, 5.41) is 9.68. The number of carboxylic acids is 1. The number of carboxylic acid groups (broad SMARTS) is 1. The Bertz CT molecular complexity index is 1700. The van der Waals surface area contributed by atoms with Gasteiger partial charge in [-0.15, -0.1) is 5.73 Å². The van der Waals surface area contributed by atoms with Crippen LogP contribution in [0, 0.1) is 5.92 Å². The van der Waals surface area contributed by atoms with Crippen LogP contribution >= 0.6 is 11.6 Å². The van der Waals surface area contributed by atoms with Crippen LogP contribution in [0.4, 0.5) is 11.4 Å². The van der Waals surface area contributed by atoms with E-state index in [0.29, 0.717) is 46.2 Å². The summed E-state index contributed by atoms with van der Waals surface area (Å²) in [5.41, 5.74) is 11.8. The van der Waals surface area contributed by atoms with E-state index in [1.807, 2.05) is 0 Å². The van der Waals surface area contributed by atoms with Crippen molar-refractivity contribution in [3.63, 3.8) is 0 Å². The van der Waals surface area contributed by atoms with Crippen LogP contribution in [0.1, 0.15) is 64.5 Å². The fourth-order valence-electron chi connectivity index (χ4n) is 7.41. The molecule has 8 nitrogen and oxygen atoms in total. The number of allylic oxidation sites excluding steroid dienone is 5. The van der Waals surface area contributed by atoms with Crippen molar-refractivity contribution >= 4 is 34.7 Å². The van der Waals surface area contributed by atoms with Crippen LogP contribution in [0.15, 0.2) is 88.8 Å². The van der Waals surface area contributed by atoms with Crippen molar-refractivity contribution < 1.29 is 33.4 Å². The highest BCUT2D eigenvalue weighted by Crippen LogP contribution is 2.47. The van der Waals surface area contributed by atoms with Crippen LogP contribution in [0.2, 0.25) is 0 Å². The van der Waals surface area contributed by atoms with Crippen molar-refractivity contribution in [2.45, 2.75) is 64.2 Å². The minimum absolute atomic E-state index is 0.00302. The van der Waals surface area contributed by atoms with E-state index in [0.717, 1.165) is 36.5 Å². The molecule has 1 aliphatic carbocycles. The summed E-state index contributed by atoms with van der Waals surface area (Å²) in [4.78, 5) is 13.1. The number of para-hydroxylation sites is 2. The smallest absolute Gasteiger partial charge is 0.305 e. The standard InChI is InChI=1S/C42H53ClN2O6/c1-41(2)33-13-6-8-15-35(33)44(22-25-50-28-27-48-5)37(41)19-17-31-11-10-12-32(40(31)43)18-20-38-42(3,4)34-14-7-9-16-36(34)45(38)23-26-51-30-29-49-24-21-39(46)47/h6-9,13-18,20,31H,10-12,21-30H2,1-5H3/p+1/b20-18+. The molecule has 3 aliphatic rings. The summed E-state index contributed by atoms with van der Waals surface area (Å²) < 4.78 is 24.7. The third kappa shape index (κ3) is 9.12. The van der Waals surface area contributed by atoms with Gasteiger partial charge in [-0.05, 0) is 70.2 Å². The number of carbonyl (C=O) groups is 1. The maximum Gasteiger partial charge on any atom is 0.305 e. The zero-order chi connectivity index (χ0) is 36.4. The maximum atomic E-state index is 10.7. The third-order valence-electron chi connectivity index (χ3n) is 10.2. The first-order chi connectivity index (χ1) is 24.6. The fraction of sp³-hybridized carbons (Fsp3) is 0.500. The number of rotatable bonds is 18. The summed E-state index contributed by atoms with van der Waals surface area (Å²) in [6, 6.07) is 17.2. The van der Waals surface area contributed by atoms with Gasteiger partial charge in [0.1, 0.15) is 6.61 Å². The third-order valence-corrected chi connectivity index (χ3v) is 10.7. The van der Waals surface area contributed by atoms with E-state index < -0.39 is 5.97 Å². The normalized spacial score (nSPS) is 19.1. The Kier molecular flexibility index (Phi) is 13.5. The Balaban J connectivity index is 1.36. The van der Waals surface area contributed by atoms with E-state index in [4.69, 9.17) is 35.7 Å². The predicted molar refractivity (Wildman–Crippen MR) is 204 cm³/mol. The molecule has 5 rings (SSSR count). The molecule has 1 N–H and O–H groups in total. The number of methoxy groups -OCH3 is 1. The molecule has 0 bridgehead atoms. The molecule has 0 saturated heterocycles. The van der Waals surface area contributed by atoms with E-state index in [1.54, 1.807) is 7.11 Å². The summed E-state index contributed by atoms with van der Waals surface area (Å²) in [6.07, 6.45) is 9.64. The molecule has 51 heavy (non-hydrogen) atoms. The van der Waals surface area contributed by atoms with Gasteiger partial charge in [-0.1, -0.05) is 54.1 Å². The summed E-state index contributed by atoms with van der Waals surface area (Å²) >= 11 is 7.23. The lowest BCUT2D eigenvalue weighted by molar-refractivity contribution is -0.442. The molecule has 0 spiro atoms. The first-order valence-electron chi connectivity index (χ1n) is 18.2. The molecule has 0 fully saturated rings. The molecule has 2 heterocycles. The highest BCUT2D eigenvalue weighted by atomic mass is 35.5. The largest absolute Gasteiger partial charge is 0.481 e. The predicted octanol–water partition coefficient (Wildman–Crippen LogP) is 7.92. The average Bonchev–Trinajstić information content (AvgIpc) is 3.46. The Labute approximate surface area is 308 Å². The number of ether oxygens (including phenoxy) is 4. The van der Waals surface area contributed by atoms with E-state index in [2.05, 4.69) is 110 Å². The molecular weight excluding hydrogens is 664 g/mol. The van der Waals surface area contributed by atoms with E-state index in [9.17, 15) is 4.79 Å². The van der Waals surface area contributed by atoms with Crippen LogP contribution in [0.5, 0.6) is 0 Å². The van der Waals surface area contributed by atoms with Gasteiger partial charge in [0.2, 0.25) is 5.69 Å². The highest BCUT2D eigenvalue weighted by molar-refractivity contribution is 6.30. The van der Waals surface area contributed by atoms with Gasteiger partial charge in [-0.2, -0.15) is 4.58 Å². The SMILES string of the molecule is COCCOCCN1C(=C=CC2CCCC(/C=C/C3=[N+](CCOCCOCCC(=O)O)c4ccccc4C3(C)C)=C2Cl)C(C)(C)c2ccccc21. The fourth-order valence-corrected chi connectivity index (χ4v) is 7.74. The second kappa shape index (κ2) is 17.8. The van der Waals surface area contributed by atoms with Gasteiger partial charge in [0, 0.05) is 53.4 Å². The Hall–Kier alpha value is -3.49. The van der Waals surface area contributed by atoms with Crippen LogP contribution in [0.3, 0.4) is 0 Å². The molecule has 0 aromatic heterocycles. The molecule has 0 radical (unpaired) electrons. The number of hydrogen-bond donors (Lipinski definition) is 1. The second-order valence-electron chi connectivity index (χ2n) is 14.3. The number of anilines is 1. The molecular formula is C42H54ClN2O6+. The Morgan fingerprint density at radius 2 is 1.61 bits per heavy atom.